The number of carbonyl (C=O) groups excluding carboxylic acids is 2. The van der Waals surface area contributed by atoms with Gasteiger partial charge in [-0.15, -0.1) is 10.2 Å². The average Bonchev–Trinajstić information content (AvgIpc) is 3.54. The van der Waals surface area contributed by atoms with Gasteiger partial charge in [0, 0.05) is 26.2 Å². The summed E-state index contributed by atoms with van der Waals surface area (Å²) in [5.74, 6) is -1.28. The van der Waals surface area contributed by atoms with Crippen molar-refractivity contribution >= 4 is 11.8 Å². The van der Waals surface area contributed by atoms with Crippen LogP contribution in [0.1, 0.15) is 44.2 Å². The lowest BCUT2D eigenvalue weighted by atomic mass is 10.0. The van der Waals surface area contributed by atoms with Crippen LogP contribution in [0, 0.1) is 31.0 Å². The van der Waals surface area contributed by atoms with Crippen LogP contribution in [0.4, 0.5) is 17.6 Å². The second-order valence-electron chi connectivity index (χ2n) is 9.90. The van der Waals surface area contributed by atoms with E-state index >= 15 is 0 Å². The van der Waals surface area contributed by atoms with Gasteiger partial charge in [-0.3, -0.25) is 9.59 Å². The number of nitrogens with two attached hydrogens (primary N) is 1. The van der Waals surface area contributed by atoms with Crippen LogP contribution in [-0.4, -0.2) is 74.3 Å². The van der Waals surface area contributed by atoms with E-state index in [0.29, 0.717) is 13.1 Å². The molecule has 2 fully saturated rings. The topological polar surface area (TPSA) is 110 Å². The third-order valence-electron chi connectivity index (χ3n) is 7.19. The highest BCUT2D eigenvalue weighted by Gasteiger charge is 2.43. The number of nitrogens with zero attached hydrogens (tertiary/aromatic N) is 6. The molecule has 2 N–H and O–H groups in total. The Hall–Kier alpha value is -3.87. The second kappa shape index (κ2) is 10.4. The molecular weight excluding hydrogens is 518 g/mol. The van der Waals surface area contributed by atoms with Crippen molar-refractivity contribution in [2.24, 2.45) is 17.6 Å². The second-order valence-corrected chi connectivity index (χ2v) is 9.90. The zero-order valence-electron chi connectivity index (χ0n) is 21.0. The molecule has 0 aliphatic carbocycles. The molecule has 1 aromatic carbocycles. The monoisotopic (exact) mass is 544 g/mol. The van der Waals surface area contributed by atoms with Gasteiger partial charge in [-0.05, 0) is 68.0 Å². The van der Waals surface area contributed by atoms with Crippen LogP contribution < -0.4 is 5.73 Å². The fourth-order valence-corrected chi connectivity index (χ4v) is 5.41. The van der Waals surface area contributed by atoms with Crippen molar-refractivity contribution in [1.82, 2.24) is 29.8 Å². The average molecular weight is 545 g/mol. The summed E-state index contributed by atoms with van der Waals surface area (Å²) in [6.45, 7) is 4.97. The lowest BCUT2D eigenvalue weighted by Crippen LogP contribution is -2.35. The summed E-state index contributed by atoms with van der Waals surface area (Å²) in [5.41, 5.74) is 5.19. The first kappa shape index (κ1) is 26.7. The van der Waals surface area contributed by atoms with Crippen LogP contribution in [0.2, 0.25) is 0 Å². The Morgan fingerprint density at radius 2 is 1.79 bits per heavy atom. The number of fused-ring (bicyclic) bond motifs is 1. The maximum atomic E-state index is 13.5. The number of hydrogen-bond acceptors (Lipinski definition) is 6. The summed E-state index contributed by atoms with van der Waals surface area (Å²) in [6.07, 6.45) is -1.90. The minimum absolute atomic E-state index is 0.00530. The van der Waals surface area contributed by atoms with E-state index in [1.807, 2.05) is 12.5 Å². The van der Waals surface area contributed by atoms with Crippen molar-refractivity contribution < 1.29 is 27.2 Å². The van der Waals surface area contributed by atoms with Crippen molar-refractivity contribution in [1.29, 1.82) is 0 Å². The molecule has 4 heterocycles. The molecule has 1 unspecified atom stereocenters. The lowest BCUT2D eigenvalue weighted by molar-refractivity contribution is -0.141. The number of halogens is 4. The molecule has 39 heavy (non-hydrogen) atoms. The molecule has 2 aliphatic rings. The first-order valence-electron chi connectivity index (χ1n) is 12.4. The SMILES string of the molecule is Cc1nn(-c2ccc(C(F)(F)F)nn2)c(C(N)=O)c1C(=O)N1CC2CN(CC[CH]c3cccc(F)c3)C[C@H]2C1. The van der Waals surface area contributed by atoms with E-state index in [2.05, 4.69) is 20.2 Å². The Morgan fingerprint density at radius 1 is 1.08 bits per heavy atom. The quantitative estimate of drug-likeness (QED) is 0.458. The van der Waals surface area contributed by atoms with Crippen molar-refractivity contribution in [2.45, 2.75) is 19.5 Å². The van der Waals surface area contributed by atoms with Crippen molar-refractivity contribution in [3.63, 3.8) is 0 Å². The van der Waals surface area contributed by atoms with Crippen LogP contribution in [0.5, 0.6) is 0 Å². The van der Waals surface area contributed by atoms with E-state index in [4.69, 9.17) is 5.73 Å². The van der Waals surface area contributed by atoms with E-state index in [1.54, 1.807) is 11.0 Å². The largest absolute Gasteiger partial charge is 0.435 e. The van der Waals surface area contributed by atoms with E-state index < -0.39 is 23.7 Å². The Morgan fingerprint density at radius 3 is 2.38 bits per heavy atom. The van der Waals surface area contributed by atoms with Gasteiger partial charge in [0.1, 0.15) is 11.5 Å². The van der Waals surface area contributed by atoms with Gasteiger partial charge in [0.15, 0.2) is 11.5 Å². The van der Waals surface area contributed by atoms with Crippen molar-refractivity contribution in [3.05, 3.63) is 76.8 Å². The molecule has 2 amide bonds. The van der Waals surface area contributed by atoms with Crippen LogP contribution in [0.15, 0.2) is 36.4 Å². The number of primary amides is 1. The van der Waals surface area contributed by atoms with E-state index in [-0.39, 0.29) is 40.4 Å². The van der Waals surface area contributed by atoms with Gasteiger partial charge >= 0.3 is 6.18 Å². The van der Waals surface area contributed by atoms with Crippen molar-refractivity contribution in [3.8, 4) is 5.82 Å². The predicted molar refractivity (Wildman–Crippen MR) is 131 cm³/mol. The molecule has 205 valence electrons. The van der Waals surface area contributed by atoms with Crippen LogP contribution in [0.25, 0.3) is 5.82 Å². The van der Waals surface area contributed by atoms with Crippen molar-refractivity contribution in [2.75, 3.05) is 32.7 Å². The van der Waals surface area contributed by atoms with E-state index in [1.165, 1.54) is 19.1 Å². The van der Waals surface area contributed by atoms with Gasteiger partial charge in [0.25, 0.3) is 11.8 Å². The zero-order chi connectivity index (χ0) is 27.9. The van der Waals surface area contributed by atoms with Crippen LogP contribution in [-0.2, 0) is 6.18 Å². The highest BCUT2D eigenvalue weighted by atomic mass is 19.4. The minimum Gasteiger partial charge on any atom is -0.364 e. The summed E-state index contributed by atoms with van der Waals surface area (Å²) in [7, 11) is 0. The van der Waals surface area contributed by atoms with Gasteiger partial charge in [0.2, 0.25) is 0 Å². The number of likely N-dealkylation sites (tertiary alicyclic amines) is 2. The predicted octanol–water partition coefficient (Wildman–Crippen LogP) is 2.87. The molecule has 2 aromatic heterocycles. The molecule has 9 nitrogen and oxygen atoms in total. The molecule has 0 bridgehead atoms. The third kappa shape index (κ3) is 5.49. The molecular formula is C26H26F4N7O2. The van der Waals surface area contributed by atoms with Crippen LogP contribution in [0.3, 0.4) is 0 Å². The highest BCUT2D eigenvalue weighted by molar-refractivity contribution is 6.06. The standard InChI is InChI=1S/C26H26F4N7O2/c1-15-22(23(24(31)38)37(34-15)21-8-7-20(32-33-21)26(28,29)30)25(39)36-13-17-11-35(12-18(17)14-36)9-3-5-16-4-2-6-19(27)10-16/h2,4-8,10,17-18H,3,9,11-14H2,1H3,(H2,31,38)/t17-,18?/m0/s1. The van der Waals surface area contributed by atoms with Gasteiger partial charge < -0.3 is 15.5 Å². The number of benzene rings is 1. The number of amides is 2. The maximum absolute atomic E-state index is 13.5. The summed E-state index contributed by atoms with van der Waals surface area (Å²) in [5, 5.41) is 10.9. The molecule has 2 aliphatic heterocycles. The Balaban J connectivity index is 1.25. The molecule has 3 aromatic rings. The first-order valence-corrected chi connectivity index (χ1v) is 12.4. The van der Waals surface area contributed by atoms with Gasteiger partial charge in [-0.2, -0.15) is 18.3 Å². The molecule has 0 spiro atoms. The minimum atomic E-state index is -4.68. The van der Waals surface area contributed by atoms with Gasteiger partial charge in [-0.1, -0.05) is 12.1 Å². The Kier molecular flexibility index (Phi) is 7.10. The maximum Gasteiger partial charge on any atom is 0.435 e. The van der Waals surface area contributed by atoms with Gasteiger partial charge in [0.05, 0.1) is 11.3 Å². The summed E-state index contributed by atoms with van der Waals surface area (Å²) in [6, 6.07) is 8.18. The first-order chi connectivity index (χ1) is 18.5. The highest BCUT2D eigenvalue weighted by Crippen LogP contribution is 2.33. The molecule has 5 rings (SSSR count). The van der Waals surface area contributed by atoms with Crippen LogP contribution >= 0.6 is 0 Å². The zero-order valence-corrected chi connectivity index (χ0v) is 21.0. The lowest BCUT2D eigenvalue weighted by Gasteiger charge is -2.22. The van der Waals surface area contributed by atoms with Gasteiger partial charge in [-0.25, -0.2) is 9.07 Å². The summed E-state index contributed by atoms with van der Waals surface area (Å²) in [4.78, 5) is 29.9. The third-order valence-corrected chi connectivity index (χ3v) is 7.19. The molecule has 0 saturated carbocycles. The summed E-state index contributed by atoms with van der Waals surface area (Å²) < 4.78 is 53.0. The number of aromatic nitrogens is 4. The number of alkyl halides is 3. The number of aryl methyl sites for hydroxylation is 1. The molecule has 13 heteroatoms. The normalized spacial score (nSPS) is 19.5. The smallest absolute Gasteiger partial charge is 0.364 e. The Bertz CT molecular complexity index is 1380. The number of rotatable bonds is 7. The van der Waals surface area contributed by atoms with E-state index in [0.717, 1.165) is 48.4 Å². The molecule has 2 atom stereocenters. The molecule has 1 radical (unpaired) electrons. The fourth-order valence-electron chi connectivity index (χ4n) is 5.41. The Labute approximate surface area is 221 Å². The molecule has 2 saturated heterocycles. The summed E-state index contributed by atoms with van der Waals surface area (Å²) >= 11 is 0. The number of hydrogen-bond donors (Lipinski definition) is 1. The fraction of sp³-hybridized carbons (Fsp3) is 0.385. The van der Waals surface area contributed by atoms with E-state index in [9.17, 15) is 27.2 Å². The number of carbonyl (C=O) groups is 2.